The molecule has 1 aliphatic rings. The van der Waals surface area contributed by atoms with Crippen molar-refractivity contribution < 1.29 is 19.4 Å². The lowest BCUT2D eigenvalue weighted by Gasteiger charge is -2.37. The van der Waals surface area contributed by atoms with Crippen LogP contribution in [0.25, 0.3) is 0 Å². The van der Waals surface area contributed by atoms with Crippen molar-refractivity contribution in [2.45, 2.75) is 47.5 Å². The Hall–Kier alpha value is -2.82. The summed E-state index contributed by atoms with van der Waals surface area (Å²) in [5.74, 6) is 0.169. The van der Waals surface area contributed by atoms with Gasteiger partial charge in [-0.15, -0.1) is 0 Å². The van der Waals surface area contributed by atoms with Crippen LogP contribution in [-0.4, -0.2) is 17.0 Å². The third-order valence-corrected chi connectivity index (χ3v) is 6.92. The number of aryl methyl sites for hydroxylation is 1. The highest BCUT2D eigenvalue weighted by molar-refractivity contribution is 5.94. The minimum absolute atomic E-state index is 0.136. The molecule has 2 aromatic rings. The number of amides is 1. The number of hydrogen-bond acceptors (Lipinski definition) is 3. The van der Waals surface area contributed by atoms with Crippen molar-refractivity contribution in [3.63, 3.8) is 0 Å². The molecule has 29 heavy (non-hydrogen) atoms. The molecule has 0 saturated heterocycles. The molecular formula is C24H29NO4. The molecule has 2 N–H and O–H groups in total. The van der Waals surface area contributed by atoms with E-state index in [0.29, 0.717) is 24.3 Å². The van der Waals surface area contributed by atoms with E-state index in [1.165, 1.54) is 5.56 Å². The maximum atomic E-state index is 12.9. The van der Waals surface area contributed by atoms with E-state index in [-0.39, 0.29) is 11.8 Å². The highest BCUT2D eigenvalue weighted by Gasteiger charge is 2.58. The van der Waals surface area contributed by atoms with Crippen molar-refractivity contribution in [3.05, 3.63) is 53.6 Å². The van der Waals surface area contributed by atoms with Gasteiger partial charge in [-0.3, -0.25) is 9.59 Å². The van der Waals surface area contributed by atoms with Gasteiger partial charge in [-0.2, -0.15) is 0 Å². The molecule has 5 heteroatoms. The Labute approximate surface area is 172 Å². The molecule has 0 heterocycles. The second-order valence-electron chi connectivity index (χ2n) is 8.76. The van der Waals surface area contributed by atoms with Gasteiger partial charge in [0.2, 0.25) is 5.91 Å². The number of carboxylic acid groups (broad SMARTS) is 1. The number of carboxylic acids is 1. The number of benzene rings is 2. The van der Waals surface area contributed by atoms with Crippen LogP contribution in [0.5, 0.6) is 11.5 Å². The van der Waals surface area contributed by atoms with Crippen molar-refractivity contribution in [3.8, 4) is 11.5 Å². The molecule has 2 atom stereocenters. The molecular weight excluding hydrogens is 366 g/mol. The van der Waals surface area contributed by atoms with Gasteiger partial charge in [0.25, 0.3) is 0 Å². The zero-order valence-corrected chi connectivity index (χ0v) is 17.7. The predicted octanol–water partition coefficient (Wildman–Crippen LogP) is 5.56. The van der Waals surface area contributed by atoms with E-state index < -0.39 is 16.8 Å². The molecule has 0 spiro atoms. The van der Waals surface area contributed by atoms with Crippen LogP contribution in [0.1, 0.15) is 44.7 Å². The molecule has 0 unspecified atom stereocenters. The molecule has 0 radical (unpaired) electrons. The van der Waals surface area contributed by atoms with Crippen LogP contribution in [0.15, 0.2) is 42.5 Å². The lowest BCUT2D eigenvalue weighted by atomic mass is 9.65. The molecule has 154 valence electrons. The summed E-state index contributed by atoms with van der Waals surface area (Å²) in [5, 5.41) is 12.6. The highest BCUT2D eigenvalue weighted by Crippen LogP contribution is 2.56. The summed E-state index contributed by atoms with van der Waals surface area (Å²) >= 11 is 0. The summed E-state index contributed by atoms with van der Waals surface area (Å²) in [6, 6.07) is 13.2. The van der Waals surface area contributed by atoms with Crippen LogP contribution in [0, 0.1) is 30.6 Å². The van der Waals surface area contributed by atoms with Crippen LogP contribution in [-0.2, 0) is 9.59 Å². The number of carbonyl (C=O) groups is 2. The van der Waals surface area contributed by atoms with Crippen LogP contribution in [0.4, 0.5) is 5.69 Å². The number of aliphatic carboxylic acids is 1. The molecule has 5 nitrogen and oxygen atoms in total. The van der Waals surface area contributed by atoms with E-state index in [1.807, 2.05) is 58.0 Å². The van der Waals surface area contributed by atoms with Gasteiger partial charge in [-0.1, -0.05) is 26.0 Å². The molecule has 1 saturated carbocycles. The molecule has 0 bridgehead atoms. The number of rotatable bonds is 5. The smallest absolute Gasteiger partial charge is 0.309 e. The van der Waals surface area contributed by atoms with Crippen LogP contribution < -0.4 is 10.1 Å². The largest absolute Gasteiger partial charge is 0.481 e. The summed E-state index contributed by atoms with van der Waals surface area (Å²) in [6.07, 6.45) is 1.06. The first kappa shape index (κ1) is 20.9. The first-order valence-electron chi connectivity index (χ1n) is 9.94. The lowest BCUT2D eigenvalue weighted by Crippen LogP contribution is -2.43. The van der Waals surface area contributed by atoms with Crippen LogP contribution in [0.3, 0.4) is 0 Å². The summed E-state index contributed by atoms with van der Waals surface area (Å²) in [7, 11) is 0. The van der Waals surface area contributed by atoms with Gasteiger partial charge >= 0.3 is 5.97 Å². The van der Waals surface area contributed by atoms with Crippen molar-refractivity contribution in [1.82, 2.24) is 0 Å². The number of nitrogens with one attached hydrogen (secondary N) is 1. The fourth-order valence-corrected chi connectivity index (χ4v) is 4.14. The third-order valence-electron chi connectivity index (χ3n) is 6.92. The van der Waals surface area contributed by atoms with E-state index >= 15 is 0 Å². The van der Waals surface area contributed by atoms with Crippen molar-refractivity contribution in [1.29, 1.82) is 0 Å². The minimum atomic E-state index is -0.904. The Morgan fingerprint density at radius 3 is 2.31 bits per heavy atom. The number of hydrogen-bond donors (Lipinski definition) is 2. The Morgan fingerprint density at radius 1 is 1.07 bits per heavy atom. The average Bonchev–Trinajstić information content (AvgIpc) is 2.91. The topological polar surface area (TPSA) is 75.6 Å². The Balaban J connectivity index is 1.69. The fourth-order valence-electron chi connectivity index (χ4n) is 4.14. The Kier molecular flexibility index (Phi) is 5.44. The number of ether oxygens (including phenoxy) is 1. The summed E-state index contributed by atoms with van der Waals surface area (Å²) in [6.45, 7) is 9.55. The highest BCUT2D eigenvalue weighted by atomic mass is 16.5. The Bertz CT molecular complexity index is 932. The van der Waals surface area contributed by atoms with Gasteiger partial charge in [0.05, 0.1) is 5.41 Å². The maximum absolute atomic E-state index is 12.9. The van der Waals surface area contributed by atoms with E-state index in [4.69, 9.17) is 4.74 Å². The van der Waals surface area contributed by atoms with Gasteiger partial charge in [-0.25, -0.2) is 0 Å². The molecule has 0 aromatic heterocycles. The zero-order chi connectivity index (χ0) is 21.4. The van der Waals surface area contributed by atoms with Crippen molar-refractivity contribution in [2.24, 2.45) is 16.7 Å². The molecule has 2 aromatic carbocycles. The molecule has 1 fully saturated rings. The standard InChI is InChI=1S/C24H29NO4/c1-15-7-6-8-20(16(15)2)29-18-11-9-17(10-12-18)25-21(26)19-13-14-24(5,22(27)28)23(19,3)4/h6-12,19H,13-14H2,1-5H3,(H,25,26)(H,27,28)/t19-,24-/m0/s1. The molecule has 1 aliphatic carbocycles. The Morgan fingerprint density at radius 2 is 1.72 bits per heavy atom. The average molecular weight is 395 g/mol. The van der Waals surface area contributed by atoms with Gasteiger partial charge in [0.15, 0.2) is 0 Å². The summed E-state index contributed by atoms with van der Waals surface area (Å²) in [5.41, 5.74) is 1.39. The van der Waals surface area contributed by atoms with E-state index in [9.17, 15) is 14.7 Å². The monoisotopic (exact) mass is 395 g/mol. The molecule has 3 rings (SSSR count). The van der Waals surface area contributed by atoms with Gasteiger partial charge in [0.1, 0.15) is 11.5 Å². The lowest BCUT2D eigenvalue weighted by molar-refractivity contribution is -0.154. The van der Waals surface area contributed by atoms with Gasteiger partial charge in [0, 0.05) is 11.6 Å². The first-order chi connectivity index (χ1) is 13.6. The van der Waals surface area contributed by atoms with Crippen molar-refractivity contribution in [2.75, 3.05) is 5.32 Å². The van der Waals surface area contributed by atoms with Gasteiger partial charge in [-0.05, 0) is 80.5 Å². The van der Waals surface area contributed by atoms with Crippen LogP contribution in [0.2, 0.25) is 0 Å². The quantitative estimate of drug-likeness (QED) is 0.695. The summed E-state index contributed by atoms with van der Waals surface area (Å²) < 4.78 is 5.96. The first-order valence-corrected chi connectivity index (χ1v) is 9.94. The minimum Gasteiger partial charge on any atom is -0.481 e. The number of carbonyl (C=O) groups excluding carboxylic acids is 1. The normalized spacial score (nSPS) is 22.9. The second kappa shape index (κ2) is 7.54. The SMILES string of the molecule is Cc1cccc(Oc2ccc(NC(=O)[C@@H]3CC[C@@](C)(C(=O)O)C3(C)C)cc2)c1C. The van der Waals surface area contributed by atoms with E-state index in [2.05, 4.69) is 5.32 Å². The summed E-state index contributed by atoms with van der Waals surface area (Å²) in [4.78, 5) is 24.6. The molecule has 0 aliphatic heterocycles. The maximum Gasteiger partial charge on any atom is 0.309 e. The van der Waals surface area contributed by atoms with Crippen LogP contribution >= 0.6 is 0 Å². The van der Waals surface area contributed by atoms with Crippen molar-refractivity contribution >= 4 is 17.6 Å². The zero-order valence-electron chi connectivity index (χ0n) is 17.7. The predicted molar refractivity (Wildman–Crippen MR) is 113 cm³/mol. The second-order valence-corrected chi connectivity index (χ2v) is 8.76. The third kappa shape index (κ3) is 3.74. The van der Waals surface area contributed by atoms with Gasteiger partial charge < -0.3 is 15.2 Å². The fraction of sp³-hybridized carbons (Fsp3) is 0.417. The number of anilines is 1. The molecule has 1 amide bonds. The van der Waals surface area contributed by atoms with E-state index in [1.54, 1.807) is 19.1 Å². The van der Waals surface area contributed by atoms with E-state index in [0.717, 1.165) is 11.3 Å².